The van der Waals surface area contributed by atoms with E-state index in [1.807, 2.05) is 32.0 Å². The number of H-pyrrole nitrogens is 1. The fourth-order valence-corrected chi connectivity index (χ4v) is 3.73. The van der Waals surface area contributed by atoms with E-state index in [-0.39, 0.29) is 33.8 Å². The van der Waals surface area contributed by atoms with Crippen LogP contribution in [0.25, 0.3) is 16.8 Å². The van der Waals surface area contributed by atoms with Crippen molar-refractivity contribution in [2.24, 2.45) is 10.2 Å². The molecule has 36 heavy (non-hydrogen) atoms. The largest absolute Gasteiger partial charge is 0.505 e. The Bertz CT molecular complexity index is 1610. The van der Waals surface area contributed by atoms with Crippen LogP contribution in [-0.2, 0) is 0 Å². The molecule has 0 saturated heterocycles. The van der Waals surface area contributed by atoms with Gasteiger partial charge in [-0.25, -0.2) is 14.3 Å². The van der Waals surface area contributed by atoms with Crippen LogP contribution in [0.1, 0.15) is 37.5 Å². The summed E-state index contributed by atoms with van der Waals surface area (Å²) in [5, 5.41) is 40.5. The first-order valence-electron chi connectivity index (χ1n) is 10.8. The van der Waals surface area contributed by atoms with Gasteiger partial charge in [0.25, 0.3) is 5.56 Å². The third-order valence-corrected chi connectivity index (χ3v) is 5.85. The predicted molar refractivity (Wildman–Crippen MR) is 132 cm³/mol. The van der Waals surface area contributed by atoms with Crippen LogP contribution in [0.4, 0.5) is 11.4 Å². The van der Waals surface area contributed by atoms with E-state index in [1.54, 1.807) is 13.0 Å². The predicted octanol–water partition coefficient (Wildman–Crippen LogP) is 5.28. The van der Waals surface area contributed by atoms with Crippen LogP contribution in [0.3, 0.4) is 0 Å². The zero-order valence-electron chi connectivity index (χ0n) is 19.6. The minimum atomic E-state index is -1.41. The van der Waals surface area contributed by atoms with Crippen LogP contribution in [0, 0.1) is 20.8 Å². The number of carboxylic acid groups (broad SMARTS) is 2. The van der Waals surface area contributed by atoms with E-state index >= 15 is 0 Å². The van der Waals surface area contributed by atoms with Gasteiger partial charge < -0.3 is 15.3 Å². The second-order valence-electron chi connectivity index (χ2n) is 8.24. The maximum absolute atomic E-state index is 13.0. The summed E-state index contributed by atoms with van der Waals surface area (Å²) in [5.41, 5.74) is 2.67. The molecule has 0 atom stereocenters. The number of phenolic OH excluding ortho intramolecular Hbond substituents is 1. The molecule has 0 spiro atoms. The summed E-state index contributed by atoms with van der Waals surface area (Å²) >= 11 is 0. The molecule has 0 bridgehead atoms. The molecular formula is C26H22N4O6. The zero-order chi connectivity index (χ0) is 26.1. The fraction of sp³-hybridized carbons (Fsp3) is 0.115. The molecule has 0 aliphatic carbocycles. The van der Waals surface area contributed by atoms with Crippen molar-refractivity contribution in [2.45, 2.75) is 20.8 Å². The van der Waals surface area contributed by atoms with E-state index in [9.17, 15) is 29.7 Å². The van der Waals surface area contributed by atoms with Gasteiger partial charge in [-0.05, 0) is 67.8 Å². The summed E-state index contributed by atoms with van der Waals surface area (Å²) in [4.78, 5) is 35.8. The number of carboxylic acids is 2. The first-order valence-corrected chi connectivity index (χ1v) is 10.8. The number of aromatic hydroxyl groups is 1. The number of rotatable bonds is 6. The lowest BCUT2D eigenvalue weighted by Crippen LogP contribution is -2.14. The van der Waals surface area contributed by atoms with Gasteiger partial charge in [0.1, 0.15) is 5.69 Å². The van der Waals surface area contributed by atoms with Crippen molar-refractivity contribution in [3.05, 3.63) is 92.9 Å². The van der Waals surface area contributed by atoms with Gasteiger partial charge in [0, 0.05) is 5.56 Å². The molecule has 4 aromatic rings. The van der Waals surface area contributed by atoms with Crippen LogP contribution in [0.2, 0.25) is 0 Å². The number of aryl methyl sites for hydroxylation is 3. The van der Waals surface area contributed by atoms with Crippen molar-refractivity contribution in [3.63, 3.8) is 0 Å². The van der Waals surface area contributed by atoms with E-state index in [0.717, 1.165) is 17.2 Å². The molecule has 0 aliphatic rings. The molecule has 4 rings (SSSR count). The van der Waals surface area contributed by atoms with Crippen LogP contribution >= 0.6 is 0 Å². The third kappa shape index (κ3) is 4.39. The maximum atomic E-state index is 13.0. The minimum Gasteiger partial charge on any atom is -0.505 e. The number of nitrogens with zero attached hydrogens (tertiary/aromatic N) is 3. The van der Waals surface area contributed by atoms with Crippen molar-refractivity contribution in [3.8, 4) is 22.6 Å². The Balaban J connectivity index is 1.72. The summed E-state index contributed by atoms with van der Waals surface area (Å²) < 4.78 is 1.36. The minimum absolute atomic E-state index is 0.0458. The molecule has 0 aliphatic heterocycles. The third-order valence-electron chi connectivity index (χ3n) is 5.85. The SMILES string of the molecule is Cc1ccc(-n2[nH]c(C)c(N=Nc3cccc(-c4ccc(C(=O)O)c(C(=O)O)c4)c3O)c2=O)cc1C. The van der Waals surface area contributed by atoms with Gasteiger partial charge in [-0.3, -0.25) is 9.89 Å². The van der Waals surface area contributed by atoms with E-state index in [0.29, 0.717) is 11.4 Å². The second kappa shape index (κ2) is 9.34. The number of carbonyl (C=O) groups is 2. The molecule has 4 N–H and O–H groups in total. The average Bonchev–Trinajstić information content (AvgIpc) is 3.12. The second-order valence-corrected chi connectivity index (χ2v) is 8.24. The Hall–Kier alpha value is -4.99. The molecule has 10 nitrogen and oxygen atoms in total. The van der Waals surface area contributed by atoms with Crippen molar-refractivity contribution in [1.82, 2.24) is 9.78 Å². The van der Waals surface area contributed by atoms with E-state index in [4.69, 9.17) is 0 Å². The van der Waals surface area contributed by atoms with Crippen molar-refractivity contribution < 1.29 is 24.9 Å². The van der Waals surface area contributed by atoms with Gasteiger partial charge in [0.15, 0.2) is 11.4 Å². The van der Waals surface area contributed by atoms with Gasteiger partial charge in [-0.1, -0.05) is 24.3 Å². The highest BCUT2D eigenvalue weighted by Gasteiger charge is 2.19. The van der Waals surface area contributed by atoms with Gasteiger partial charge in [-0.15, -0.1) is 10.2 Å². The molecule has 3 aromatic carbocycles. The van der Waals surface area contributed by atoms with Crippen molar-refractivity contribution >= 4 is 23.3 Å². The summed E-state index contributed by atoms with van der Waals surface area (Å²) in [6, 6.07) is 13.9. The number of azo groups is 1. The Kier molecular flexibility index (Phi) is 6.26. The molecule has 1 heterocycles. The highest BCUT2D eigenvalue weighted by molar-refractivity contribution is 6.03. The first-order chi connectivity index (χ1) is 17.1. The topological polar surface area (TPSA) is 157 Å². The molecule has 182 valence electrons. The average molecular weight is 486 g/mol. The molecule has 0 amide bonds. The van der Waals surface area contributed by atoms with Gasteiger partial charge >= 0.3 is 11.9 Å². The number of aromatic amines is 1. The molecule has 0 radical (unpaired) electrons. The monoisotopic (exact) mass is 486 g/mol. The van der Waals surface area contributed by atoms with Crippen molar-refractivity contribution in [2.75, 3.05) is 0 Å². The summed E-state index contributed by atoms with van der Waals surface area (Å²) in [7, 11) is 0. The lowest BCUT2D eigenvalue weighted by Gasteiger charge is -2.09. The van der Waals surface area contributed by atoms with Gasteiger partial charge in [0.05, 0.1) is 22.5 Å². The highest BCUT2D eigenvalue weighted by atomic mass is 16.4. The molecular weight excluding hydrogens is 464 g/mol. The van der Waals surface area contributed by atoms with Gasteiger partial charge in [0.2, 0.25) is 0 Å². The van der Waals surface area contributed by atoms with Gasteiger partial charge in [-0.2, -0.15) is 0 Å². The van der Waals surface area contributed by atoms with Crippen LogP contribution in [0.5, 0.6) is 5.75 Å². The van der Waals surface area contributed by atoms with Crippen molar-refractivity contribution in [1.29, 1.82) is 0 Å². The normalized spacial score (nSPS) is 11.2. The fourth-order valence-electron chi connectivity index (χ4n) is 3.73. The number of hydrogen-bond acceptors (Lipinski definition) is 6. The number of benzene rings is 3. The zero-order valence-corrected chi connectivity index (χ0v) is 19.6. The number of hydrogen-bond donors (Lipinski definition) is 4. The Labute approximate surface area is 204 Å². The summed E-state index contributed by atoms with van der Waals surface area (Å²) in [5.74, 6) is -3.09. The number of aromatic carboxylic acids is 2. The molecule has 1 aromatic heterocycles. The standard InChI is InChI=1S/C26H22N4O6/c1-13-7-9-17(11-14(13)2)30-24(32)22(15(3)29-30)28-27-21-6-4-5-18(23(21)31)16-8-10-19(25(33)34)20(12-16)26(35)36/h4-12,29,31H,1-3H3,(H,33,34)(H,35,36). The van der Waals surface area contributed by atoms with Crippen LogP contribution in [-0.4, -0.2) is 37.0 Å². The van der Waals surface area contributed by atoms with E-state index in [1.165, 1.54) is 28.9 Å². The smallest absolute Gasteiger partial charge is 0.336 e. The first kappa shape index (κ1) is 24.1. The number of nitrogens with one attached hydrogen (secondary N) is 1. The molecule has 0 fully saturated rings. The quantitative estimate of drug-likeness (QED) is 0.272. The van der Waals surface area contributed by atoms with E-state index in [2.05, 4.69) is 15.3 Å². The summed E-state index contributed by atoms with van der Waals surface area (Å²) in [6.45, 7) is 5.61. The lowest BCUT2D eigenvalue weighted by molar-refractivity contribution is 0.0651. The number of aromatic nitrogens is 2. The molecule has 0 saturated carbocycles. The van der Waals surface area contributed by atoms with Crippen LogP contribution < -0.4 is 5.56 Å². The highest BCUT2D eigenvalue weighted by Crippen LogP contribution is 2.38. The Morgan fingerprint density at radius 1 is 0.861 bits per heavy atom. The number of para-hydroxylation sites is 1. The molecule has 0 unspecified atom stereocenters. The maximum Gasteiger partial charge on any atom is 0.336 e. The van der Waals surface area contributed by atoms with Crippen LogP contribution in [0.15, 0.2) is 69.6 Å². The Morgan fingerprint density at radius 2 is 1.58 bits per heavy atom. The Morgan fingerprint density at radius 3 is 2.25 bits per heavy atom. The summed E-state index contributed by atoms with van der Waals surface area (Å²) in [6.07, 6.45) is 0. The van der Waals surface area contributed by atoms with E-state index < -0.39 is 23.1 Å². The number of phenols is 1. The lowest BCUT2D eigenvalue weighted by atomic mass is 9.98. The molecule has 10 heteroatoms.